The zero-order valence-electron chi connectivity index (χ0n) is 15.4. The van der Waals surface area contributed by atoms with Crippen molar-refractivity contribution in [3.8, 4) is 10.6 Å². The van der Waals surface area contributed by atoms with Gasteiger partial charge in [-0.15, -0.1) is 11.3 Å². The molecule has 1 N–H and O–H groups in total. The summed E-state index contributed by atoms with van der Waals surface area (Å²) in [6.07, 6.45) is 3.28. The molecule has 1 aromatic heterocycles. The number of carbonyl (C=O) groups excluding carboxylic acids is 2. The first-order valence-electron chi connectivity index (χ1n) is 9.12. The molecule has 0 unspecified atom stereocenters. The van der Waals surface area contributed by atoms with Crippen LogP contribution >= 0.6 is 22.9 Å². The van der Waals surface area contributed by atoms with Gasteiger partial charge in [-0.3, -0.25) is 4.79 Å². The third-order valence-corrected chi connectivity index (χ3v) is 6.30. The van der Waals surface area contributed by atoms with Gasteiger partial charge in [0.05, 0.1) is 0 Å². The molecule has 0 spiro atoms. The van der Waals surface area contributed by atoms with Crippen LogP contribution in [-0.2, 0) is 9.53 Å². The zero-order chi connectivity index (χ0) is 19.4. The predicted octanol–water partition coefficient (Wildman–Crippen LogP) is 4.56. The molecule has 0 aliphatic heterocycles. The average Bonchev–Trinajstić information content (AvgIpc) is 3.14. The summed E-state index contributed by atoms with van der Waals surface area (Å²) in [5.74, 6) is 0.156. The number of amides is 1. The first kappa shape index (κ1) is 19.8. The van der Waals surface area contributed by atoms with E-state index in [1.165, 1.54) is 17.8 Å². The Hall–Kier alpha value is -1.92. The first-order chi connectivity index (χ1) is 12.9. The molecule has 1 aliphatic carbocycles. The monoisotopic (exact) mass is 406 g/mol. The molecule has 1 fully saturated rings. The lowest BCUT2D eigenvalue weighted by atomic mass is 9.78. The first-order valence-corrected chi connectivity index (χ1v) is 10.4. The second-order valence-corrected chi connectivity index (χ2v) is 8.36. The van der Waals surface area contributed by atoms with Gasteiger partial charge in [-0.05, 0) is 30.4 Å². The van der Waals surface area contributed by atoms with Crippen molar-refractivity contribution in [2.24, 2.45) is 11.8 Å². The molecule has 1 amide bonds. The summed E-state index contributed by atoms with van der Waals surface area (Å²) in [6, 6.07) is 7.41. The van der Waals surface area contributed by atoms with Gasteiger partial charge >= 0.3 is 5.97 Å². The summed E-state index contributed by atoms with van der Waals surface area (Å²) in [7, 11) is 0. The Kier molecular flexibility index (Phi) is 6.50. The largest absolute Gasteiger partial charge is 0.451 e. The molecule has 1 aromatic carbocycles. The standard InChI is InChI=1S/C20H23ClN2O3S/c1-12-5-3-8-16(13(12)2)22-18(24)10-26-20(25)17-11-27-19(23-17)14-6-4-7-15(21)9-14/h4,6-7,9,11-13,16H,3,5,8,10H2,1-2H3,(H,22,24)/t12-,13+,16-/m0/s1. The second-order valence-electron chi connectivity index (χ2n) is 7.07. The summed E-state index contributed by atoms with van der Waals surface area (Å²) in [4.78, 5) is 28.6. The Morgan fingerprint density at radius 2 is 2.15 bits per heavy atom. The highest BCUT2D eigenvalue weighted by molar-refractivity contribution is 7.13. The fourth-order valence-electron chi connectivity index (χ4n) is 3.36. The fourth-order valence-corrected chi connectivity index (χ4v) is 4.34. The van der Waals surface area contributed by atoms with Crippen LogP contribution in [0.25, 0.3) is 10.6 Å². The van der Waals surface area contributed by atoms with Crippen LogP contribution in [0.4, 0.5) is 0 Å². The summed E-state index contributed by atoms with van der Waals surface area (Å²) in [6.45, 7) is 4.08. The van der Waals surface area contributed by atoms with E-state index in [0.29, 0.717) is 21.9 Å². The van der Waals surface area contributed by atoms with Crippen molar-refractivity contribution in [2.45, 2.75) is 39.2 Å². The van der Waals surface area contributed by atoms with Crippen LogP contribution in [0.15, 0.2) is 29.6 Å². The van der Waals surface area contributed by atoms with Crippen molar-refractivity contribution in [1.29, 1.82) is 0 Å². The number of aromatic nitrogens is 1. The summed E-state index contributed by atoms with van der Waals surface area (Å²) < 4.78 is 5.13. The van der Waals surface area contributed by atoms with Gasteiger partial charge in [-0.2, -0.15) is 0 Å². The summed E-state index contributed by atoms with van der Waals surface area (Å²) in [5, 5.41) is 5.91. The van der Waals surface area contributed by atoms with Crippen LogP contribution in [0.2, 0.25) is 5.02 Å². The van der Waals surface area contributed by atoms with E-state index < -0.39 is 5.97 Å². The summed E-state index contributed by atoms with van der Waals surface area (Å²) in [5.41, 5.74) is 1.03. The summed E-state index contributed by atoms with van der Waals surface area (Å²) >= 11 is 7.32. The molecule has 5 nitrogen and oxygen atoms in total. The average molecular weight is 407 g/mol. The Morgan fingerprint density at radius 3 is 2.93 bits per heavy atom. The van der Waals surface area contributed by atoms with Gasteiger partial charge < -0.3 is 10.1 Å². The minimum absolute atomic E-state index is 0.147. The Labute approximate surface area is 168 Å². The van der Waals surface area contributed by atoms with Crippen LogP contribution in [0.1, 0.15) is 43.6 Å². The quantitative estimate of drug-likeness (QED) is 0.739. The Morgan fingerprint density at radius 1 is 1.33 bits per heavy atom. The van der Waals surface area contributed by atoms with E-state index in [9.17, 15) is 9.59 Å². The molecule has 2 aromatic rings. The lowest BCUT2D eigenvalue weighted by Crippen LogP contribution is -2.45. The van der Waals surface area contributed by atoms with Crippen molar-refractivity contribution in [1.82, 2.24) is 10.3 Å². The molecule has 0 bridgehead atoms. The van der Waals surface area contributed by atoms with Gasteiger partial charge in [0.2, 0.25) is 0 Å². The van der Waals surface area contributed by atoms with Gasteiger partial charge in [-0.1, -0.05) is 50.4 Å². The molecule has 27 heavy (non-hydrogen) atoms. The number of nitrogens with one attached hydrogen (secondary N) is 1. The minimum atomic E-state index is -0.597. The normalized spacial score (nSPS) is 22.3. The van der Waals surface area contributed by atoms with Crippen molar-refractivity contribution >= 4 is 34.8 Å². The van der Waals surface area contributed by atoms with Gasteiger partial charge in [0.25, 0.3) is 5.91 Å². The van der Waals surface area contributed by atoms with Crippen molar-refractivity contribution in [3.05, 3.63) is 40.4 Å². The van der Waals surface area contributed by atoms with Crippen LogP contribution in [0, 0.1) is 11.8 Å². The zero-order valence-corrected chi connectivity index (χ0v) is 17.0. The number of nitrogens with zero attached hydrogens (tertiary/aromatic N) is 1. The Bertz CT molecular complexity index is 823. The lowest BCUT2D eigenvalue weighted by Gasteiger charge is -2.34. The molecule has 0 saturated heterocycles. The van der Waals surface area contributed by atoms with Crippen molar-refractivity contribution in [3.63, 3.8) is 0 Å². The number of benzene rings is 1. The number of halogens is 1. The molecule has 1 heterocycles. The second kappa shape index (κ2) is 8.85. The highest BCUT2D eigenvalue weighted by Crippen LogP contribution is 2.29. The minimum Gasteiger partial charge on any atom is -0.451 e. The van der Waals surface area contributed by atoms with Crippen LogP contribution < -0.4 is 5.32 Å². The van der Waals surface area contributed by atoms with E-state index in [2.05, 4.69) is 24.1 Å². The SMILES string of the molecule is C[C@H]1[C@@H](NC(=O)COC(=O)c2csc(-c3cccc(Cl)c3)n2)CCC[C@@H]1C. The highest BCUT2D eigenvalue weighted by Gasteiger charge is 2.28. The Balaban J connectivity index is 1.53. The number of esters is 1. The number of carbonyl (C=O) groups is 2. The predicted molar refractivity (Wildman–Crippen MR) is 107 cm³/mol. The number of hydrogen-bond acceptors (Lipinski definition) is 5. The van der Waals surface area contributed by atoms with Crippen LogP contribution in [0.5, 0.6) is 0 Å². The van der Waals surface area contributed by atoms with Crippen molar-refractivity contribution < 1.29 is 14.3 Å². The van der Waals surface area contributed by atoms with Gasteiger partial charge in [0, 0.05) is 22.0 Å². The molecule has 144 valence electrons. The molecular formula is C20H23ClN2O3S. The number of rotatable bonds is 5. The number of hydrogen-bond donors (Lipinski definition) is 1. The van der Waals surface area contributed by atoms with E-state index in [0.717, 1.165) is 18.4 Å². The number of ether oxygens (including phenoxy) is 1. The molecule has 1 aliphatic rings. The van der Waals surface area contributed by atoms with Gasteiger partial charge in [0.15, 0.2) is 12.3 Å². The molecule has 3 rings (SSSR count). The van der Waals surface area contributed by atoms with E-state index >= 15 is 0 Å². The maximum atomic E-state index is 12.2. The number of thiazole rings is 1. The maximum Gasteiger partial charge on any atom is 0.358 e. The lowest BCUT2D eigenvalue weighted by molar-refractivity contribution is -0.125. The molecule has 7 heteroatoms. The topological polar surface area (TPSA) is 68.3 Å². The van der Waals surface area contributed by atoms with Gasteiger partial charge in [0.1, 0.15) is 5.01 Å². The third-order valence-electron chi connectivity index (χ3n) is 5.17. The van der Waals surface area contributed by atoms with Crippen molar-refractivity contribution in [2.75, 3.05) is 6.61 Å². The van der Waals surface area contributed by atoms with E-state index in [1.54, 1.807) is 17.5 Å². The maximum absolute atomic E-state index is 12.2. The van der Waals surface area contributed by atoms with Gasteiger partial charge in [-0.25, -0.2) is 9.78 Å². The van der Waals surface area contributed by atoms with Crippen LogP contribution in [0.3, 0.4) is 0 Å². The molecular weight excluding hydrogens is 384 g/mol. The fraction of sp³-hybridized carbons (Fsp3) is 0.450. The molecule has 0 radical (unpaired) electrons. The van der Waals surface area contributed by atoms with Crippen LogP contribution in [-0.4, -0.2) is 29.5 Å². The van der Waals surface area contributed by atoms with E-state index in [4.69, 9.17) is 16.3 Å². The molecule has 1 saturated carbocycles. The smallest absolute Gasteiger partial charge is 0.358 e. The van der Waals surface area contributed by atoms with E-state index in [-0.39, 0.29) is 24.2 Å². The third kappa shape index (κ3) is 5.08. The van der Waals surface area contributed by atoms with E-state index in [1.807, 2.05) is 12.1 Å². The molecule has 3 atom stereocenters. The highest BCUT2D eigenvalue weighted by atomic mass is 35.5.